The van der Waals surface area contributed by atoms with Gasteiger partial charge < -0.3 is 15.5 Å². The Morgan fingerprint density at radius 1 is 1.07 bits per heavy atom. The quantitative estimate of drug-likeness (QED) is 0.799. The summed E-state index contributed by atoms with van der Waals surface area (Å²) in [6.07, 6.45) is 3.91. The molecule has 28 heavy (non-hydrogen) atoms. The zero-order valence-electron chi connectivity index (χ0n) is 16.7. The molecule has 3 rings (SSSR count). The molecule has 0 bridgehead atoms. The van der Waals surface area contributed by atoms with E-state index < -0.39 is 0 Å². The minimum atomic E-state index is -0.0612. The highest BCUT2D eigenvalue weighted by atomic mass is 16.2. The molecule has 1 aliphatic heterocycles. The lowest BCUT2D eigenvalue weighted by molar-refractivity contribution is -0.119. The summed E-state index contributed by atoms with van der Waals surface area (Å²) >= 11 is 0. The van der Waals surface area contributed by atoms with Crippen LogP contribution in [0.25, 0.3) is 11.1 Å². The molecule has 1 atom stereocenters. The molecule has 2 aromatic carbocycles. The number of benzene rings is 2. The fourth-order valence-electron chi connectivity index (χ4n) is 3.78. The number of urea groups is 1. The molecule has 0 saturated carbocycles. The standard InChI is InChI=1S/C23H29N3O2/c1-17-7-5-8-19(15-17)20-9-6-10-21(16-20)25-23(28)26-14-4-3-11-22(26)12-13-24-18(2)27/h5-10,15-16,22H,3-4,11-14H2,1-2H3,(H,24,27)(H,25,28). The van der Waals surface area contributed by atoms with Gasteiger partial charge in [0, 0.05) is 31.7 Å². The highest BCUT2D eigenvalue weighted by Gasteiger charge is 2.26. The number of aryl methyl sites for hydroxylation is 1. The van der Waals surface area contributed by atoms with Crippen molar-refractivity contribution in [2.24, 2.45) is 0 Å². The molecule has 0 aliphatic carbocycles. The molecule has 1 aliphatic rings. The van der Waals surface area contributed by atoms with E-state index in [4.69, 9.17) is 0 Å². The Hall–Kier alpha value is -2.82. The van der Waals surface area contributed by atoms with Crippen molar-refractivity contribution in [3.63, 3.8) is 0 Å². The Morgan fingerprint density at radius 3 is 2.57 bits per heavy atom. The van der Waals surface area contributed by atoms with Gasteiger partial charge in [0.05, 0.1) is 0 Å². The van der Waals surface area contributed by atoms with Gasteiger partial charge in [0.2, 0.25) is 5.91 Å². The molecule has 1 fully saturated rings. The second-order valence-corrected chi connectivity index (χ2v) is 7.50. The smallest absolute Gasteiger partial charge is 0.322 e. The summed E-state index contributed by atoms with van der Waals surface area (Å²) in [5.74, 6) is -0.0280. The first-order valence-corrected chi connectivity index (χ1v) is 10.0. The van der Waals surface area contributed by atoms with Crippen molar-refractivity contribution in [2.45, 2.75) is 45.6 Å². The van der Waals surface area contributed by atoms with Crippen LogP contribution in [-0.2, 0) is 4.79 Å². The molecule has 2 aromatic rings. The first kappa shape index (κ1) is 19.9. The largest absolute Gasteiger partial charge is 0.356 e. The molecule has 148 valence electrons. The van der Waals surface area contributed by atoms with Gasteiger partial charge in [-0.3, -0.25) is 4.79 Å². The molecule has 0 spiro atoms. The van der Waals surface area contributed by atoms with Gasteiger partial charge in [-0.25, -0.2) is 4.79 Å². The number of hydrogen-bond acceptors (Lipinski definition) is 2. The molecular weight excluding hydrogens is 350 g/mol. The number of hydrogen-bond donors (Lipinski definition) is 2. The topological polar surface area (TPSA) is 61.4 Å². The van der Waals surface area contributed by atoms with E-state index in [-0.39, 0.29) is 18.0 Å². The second-order valence-electron chi connectivity index (χ2n) is 7.50. The van der Waals surface area contributed by atoms with Crippen LogP contribution in [0.1, 0.15) is 38.2 Å². The number of likely N-dealkylation sites (tertiary alicyclic amines) is 1. The van der Waals surface area contributed by atoms with E-state index in [1.807, 2.05) is 29.2 Å². The third-order valence-electron chi connectivity index (χ3n) is 5.20. The first-order chi connectivity index (χ1) is 13.5. The fraction of sp³-hybridized carbons (Fsp3) is 0.391. The van der Waals surface area contributed by atoms with E-state index in [0.717, 1.165) is 49.0 Å². The van der Waals surface area contributed by atoms with Crippen LogP contribution in [0.2, 0.25) is 0 Å². The number of carbonyl (C=O) groups excluding carboxylic acids is 2. The summed E-state index contributed by atoms with van der Waals surface area (Å²) in [7, 11) is 0. The van der Waals surface area contributed by atoms with Crippen LogP contribution in [0.3, 0.4) is 0 Å². The van der Waals surface area contributed by atoms with Crippen molar-refractivity contribution in [3.8, 4) is 11.1 Å². The van der Waals surface area contributed by atoms with Crippen LogP contribution in [0.15, 0.2) is 48.5 Å². The summed E-state index contributed by atoms with van der Waals surface area (Å²) in [6, 6.07) is 16.4. The van der Waals surface area contributed by atoms with Gasteiger partial charge in [0.25, 0.3) is 0 Å². The number of carbonyl (C=O) groups is 2. The molecule has 1 saturated heterocycles. The molecular formula is C23H29N3O2. The summed E-state index contributed by atoms with van der Waals surface area (Å²) in [6.45, 7) is 4.96. The van der Waals surface area contributed by atoms with Crippen LogP contribution < -0.4 is 10.6 Å². The Labute approximate surface area is 167 Å². The average Bonchev–Trinajstić information content (AvgIpc) is 2.68. The van der Waals surface area contributed by atoms with Crippen LogP contribution in [0, 0.1) is 6.92 Å². The zero-order valence-corrected chi connectivity index (χ0v) is 16.7. The van der Waals surface area contributed by atoms with E-state index in [1.54, 1.807) is 0 Å². The van der Waals surface area contributed by atoms with Crippen molar-refractivity contribution in [1.29, 1.82) is 0 Å². The number of piperidine rings is 1. The van der Waals surface area contributed by atoms with E-state index in [2.05, 4.69) is 41.8 Å². The third kappa shape index (κ3) is 5.35. The summed E-state index contributed by atoms with van der Waals surface area (Å²) in [5.41, 5.74) is 4.24. The number of nitrogens with one attached hydrogen (secondary N) is 2. The lowest BCUT2D eigenvalue weighted by Gasteiger charge is -2.35. The second kappa shape index (κ2) is 9.40. The number of amides is 3. The average molecular weight is 380 g/mol. The minimum Gasteiger partial charge on any atom is -0.356 e. The van der Waals surface area contributed by atoms with E-state index in [1.165, 1.54) is 12.5 Å². The molecule has 5 nitrogen and oxygen atoms in total. The van der Waals surface area contributed by atoms with Crippen molar-refractivity contribution in [2.75, 3.05) is 18.4 Å². The van der Waals surface area contributed by atoms with Gasteiger partial charge in [-0.2, -0.15) is 0 Å². The normalized spacial score (nSPS) is 16.5. The minimum absolute atomic E-state index is 0.0280. The van der Waals surface area contributed by atoms with Gasteiger partial charge in [-0.05, 0) is 55.9 Å². The Balaban J connectivity index is 1.67. The highest BCUT2D eigenvalue weighted by molar-refractivity contribution is 5.90. The number of rotatable bonds is 5. The van der Waals surface area contributed by atoms with Gasteiger partial charge in [0.15, 0.2) is 0 Å². The van der Waals surface area contributed by atoms with Crippen molar-refractivity contribution < 1.29 is 9.59 Å². The van der Waals surface area contributed by atoms with E-state index in [9.17, 15) is 9.59 Å². The maximum absolute atomic E-state index is 12.9. The third-order valence-corrected chi connectivity index (χ3v) is 5.20. The first-order valence-electron chi connectivity index (χ1n) is 10.0. The predicted molar refractivity (Wildman–Crippen MR) is 113 cm³/mol. The molecule has 5 heteroatoms. The zero-order chi connectivity index (χ0) is 19.9. The fourth-order valence-corrected chi connectivity index (χ4v) is 3.78. The van der Waals surface area contributed by atoms with Crippen LogP contribution >= 0.6 is 0 Å². The predicted octanol–water partition coefficient (Wildman–Crippen LogP) is 4.57. The Kier molecular flexibility index (Phi) is 6.69. The molecule has 3 amide bonds. The number of nitrogens with zero attached hydrogens (tertiary/aromatic N) is 1. The van der Waals surface area contributed by atoms with Crippen LogP contribution in [0.5, 0.6) is 0 Å². The van der Waals surface area contributed by atoms with Crippen molar-refractivity contribution in [1.82, 2.24) is 10.2 Å². The van der Waals surface area contributed by atoms with Gasteiger partial charge in [-0.15, -0.1) is 0 Å². The van der Waals surface area contributed by atoms with Gasteiger partial charge >= 0.3 is 6.03 Å². The molecule has 2 N–H and O–H groups in total. The summed E-state index contributed by atoms with van der Waals surface area (Å²) < 4.78 is 0. The number of anilines is 1. The van der Waals surface area contributed by atoms with Crippen molar-refractivity contribution in [3.05, 3.63) is 54.1 Å². The van der Waals surface area contributed by atoms with E-state index in [0.29, 0.717) is 6.54 Å². The SMILES string of the molecule is CC(=O)NCCC1CCCCN1C(=O)Nc1cccc(-c2cccc(C)c2)c1. The van der Waals surface area contributed by atoms with Crippen LogP contribution in [0.4, 0.5) is 10.5 Å². The van der Waals surface area contributed by atoms with Crippen molar-refractivity contribution >= 4 is 17.6 Å². The maximum atomic E-state index is 12.9. The lowest BCUT2D eigenvalue weighted by Crippen LogP contribution is -2.47. The van der Waals surface area contributed by atoms with Gasteiger partial charge in [-0.1, -0.05) is 42.0 Å². The summed E-state index contributed by atoms with van der Waals surface area (Å²) in [4.78, 5) is 25.9. The molecule has 0 aromatic heterocycles. The monoisotopic (exact) mass is 379 g/mol. The Bertz CT molecular complexity index is 834. The maximum Gasteiger partial charge on any atom is 0.322 e. The van der Waals surface area contributed by atoms with Crippen LogP contribution in [-0.4, -0.2) is 36.0 Å². The summed E-state index contributed by atoms with van der Waals surface area (Å²) in [5, 5.41) is 5.90. The molecule has 1 heterocycles. The van der Waals surface area contributed by atoms with E-state index >= 15 is 0 Å². The van der Waals surface area contributed by atoms with Gasteiger partial charge in [0.1, 0.15) is 0 Å². The molecule has 1 unspecified atom stereocenters. The Morgan fingerprint density at radius 2 is 1.82 bits per heavy atom. The lowest BCUT2D eigenvalue weighted by atomic mass is 9.99. The highest BCUT2D eigenvalue weighted by Crippen LogP contribution is 2.25. The molecule has 0 radical (unpaired) electrons.